The number of benzene rings is 1. The molecule has 0 aromatic heterocycles. The molecule has 1 N–H and O–H groups in total. The van der Waals surface area contributed by atoms with Crippen molar-refractivity contribution in [3.8, 4) is 0 Å². The second-order valence-corrected chi connectivity index (χ2v) is 5.86. The van der Waals surface area contributed by atoms with Crippen molar-refractivity contribution < 1.29 is 9.50 Å². The second-order valence-electron chi connectivity index (χ2n) is 5.00. The molecule has 0 radical (unpaired) electrons. The number of hydrogen-bond donors (Lipinski definition) is 1. The molecule has 1 unspecified atom stereocenters. The number of nitrogens with zero attached hydrogens (tertiary/aromatic N) is 1. The fourth-order valence-corrected chi connectivity index (χ4v) is 3.04. The van der Waals surface area contributed by atoms with Crippen molar-refractivity contribution in [2.24, 2.45) is 5.92 Å². The van der Waals surface area contributed by atoms with Gasteiger partial charge in [-0.2, -0.15) is 0 Å². The van der Waals surface area contributed by atoms with Gasteiger partial charge in [0, 0.05) is 19.7 Å². The van der Waals surface area contributed by atoms with Gasteiger partial charge in [-0.15, -0.1) is 0 Å². The first kappa shape index (κ1) is 14.0. The average Bonchev–Trinajstić information content (AvgIpc) is 2.35. The Morgan fingerprint density at radius 2 is 2.28 bits per heavy atom. The van der Waals surface area contributed by atoms with Crippen LogP contribution in [0, 0.1) is 11.7 Å². The third-order valence-electron chi connectivity index (χ3n) is 3.53. The lowest BCUT2D eigenvalue weighted by atomic mass is 9.95. The van der Waals surface area contributed by atoms with Gasteiger partial charge in [-0.3, -0.25) is 4.90 Å². The van der Waals surface area contributed by atoms with Gasteiger partial charge >= 0.3 is 0 Å². The van der Waals surface area contributed by atoms with Crippen molar-refractivity contribution in [2.75, 3.05) is 19.7 Å². The van der Waals surface area contributed by atoms with Gasteiger partial charge in [-0.1, -0.05) is 6.07 Å². The van der Waals surface area contributed by atoms with E-state index in [9.17, 15) is 4.39 Å². The maximum Gasteiger partial charge on any atom is 0.137 e. The highest BCUT2D eigenvalue weighted by molar-refractivity contribution is 9.10. The van der Waals surface area contributed by atoms with Gasteiger partial charge in [0.2, 0.25) is 0 Å². The van der Waals surface area contributed by atoms with Crippen LogP contribution < -0.4 is 0 Å². The van der Waals surface area contributed by atoms with Crippen molar-refractivity contribution in [1.29, 1.82) is 0 Å². The van der Waals surface area contributed by atoms with Crippen molar-refractivity contribution in [2.45, 2.75) is 25.8 Å². The zero-order valence-electron chi connectivity index (χ0n) is 10.4. The van der Waals surface area contributed by atoms with Crippen LogP contribution in [0.4, 0.5) is 4.39 Å². The summed E-state index contributed by atoms with van der Waals surface area (Å²) in [7, 11) is 0. The highest BCUT2D eigenvalue weighted by Crippen LogP contribution is 2.22. The Labute approximate surface area is 116 Å². The molecular weight excluding hydrogens is 297 g/mol. The minimum absolute atomic E-state index is 0.212. The van der Waals surface area contributed by atoms with E-state index in [1.165, 1.54) is 18.9 Å². The molecule has 100 valence electrons. The summed E-state index contributed by atoms with van der Waals surface area (Å²) in [6.45, 7) is 3.27. The van der Waals surface area contributed by atoms with E-state index in [-0.39, 0.29) is 12.4 Å². The largest absolute Gasteiger partial charge is 0.396 e. The van der Waals surface area contributed by atoms with Crippen molar-refractivity contribution in [3.63, 3.8) is 0 Å². The first-order valence-corrected chi connectivity index (χ1v) is 7.25. The molecule has 1 aromatic carbocycles. The van der Waals surface area contributed by atoms with Crippen LogP contribution in [-0.2, 0) is 6.54 Å². The molecule has 1 aliphatic heterocycles. The molecular formula is C14H19BrFNO. The first-order valence-electron chi connectivity index (χ1n) is 6.46. The maximum absolute atomic E-state index is 13.2. The molecule has 1 saturated heterocycles. The predicted octanol–water partition coefficient (Wildman–Crippen LogP) is 3.18. The monoisotopic (exact) mass is 315 g/mol. The zero-order chi connectivity index (χ0) is 13.0. The molecule has 1 heterocycles. The molecule has 18 heavy (non-hydrogen) atoms. The van der Waals surface area contributed by atoms with E-state index >= 15 is 0 Å². The van der Waals surface area contributed by atoms with Gasteiger partial charge in [0.05, 0.1) is 4.47 Å². The molecule has 4 heteroatoms. The number of halogens is 2. The van der Waals surface area contributed by atoms with Gasteiger partial charge in [-0.05, 0) is 65.4 Å². The Morgan fingerprint density at radius 3 is 3.00 bits per heavy atom. The van der Waals surface area contributed by atoms with Crippen LogP contribution in [-0.4, -0.2) is 29.7 Å². The standard InChI is InChI=1S/C14H19BrFNO/c15-13-8-12(3-4-14(13)16)10-17-6-1-2-11(9-17)5-7-18/h3-4,8,11,18H,1-2,5-7,9-10H2. The fourth-order valence-electron chi connectivity index (χ4n) is 2.61. The lowest BCUT2D eigenvalue weighted by Crippen LogP contribution is -2.35. The first-order chi connectivity index (χ1) is 8.69. The van der Waals surface area contributed by atoms with Crippen molar-refractivity contribution in [3.05, 3.63) is 34.1 Å². The van der Waals surface area contributed by atoms with E-state index in [2.05, 4.69) is 20.8 Å². The smallest absolute Gasteiger partial charge is 0.137 e. The number of aliphatic hydroxyl groups excluding tert-OH is 1. The molecule has 0 amide bonds. The molecule has 0 aliphatic carbocycles. The van der Waals surface area contributed by atoms with Gasteiger partial charge in [0.25, 0.3) is 0 Å². The van der Waals surface area contributed by atoms with Gasteiger partial charge < -0.3 is 5.11 Å². The highest BCUT2D eigenvalue weighted by Gasteiger charge is 2.19. The molecule has 0 spiro atoms. The number of likely N-dealkylation sites (tertiary alicyclic amines) is 1. The minimum Gasteiger partial charge on any atom is -0.396 e. The molecule has 2 rings (SSSR count). The van der Waals surface area contributed by atoms with Crippen LogP contribution in [0.3, 0.4) is 0 Å². The van der Waals surface area contributed by atoms with Crippen LogP contribution in [0.5, 0.6) is 0 Å². The Morgan fingerprint density at radius 1 is 1.44 bits per heavy atom. The quantitative estimate of drug-likeness (QED) is 0.922. The molecule has 2 nitrogen and oxygen atoms in total. The fraction of sp³-hybridized carbons (Fsp3) is 0.571. The topological polar surface area (TPSA) is 23.5 Å². The van der Waals surface area contributed by atoms with Gasteiger partial charge in [0.15, 0.2) is 0 Å². The summed E-state index contributed by atoms with van der Waals surface area (Å²) in [5.74, 6) is 0.392. The van der Waals surface area contributed by atoms with Crippen LogP contribution >= 0.6 is 15.9 Å². The molecule has 1 aliphatic rings. The third kappa shape index (κ3) is 3.77. The van der Waals surface area contributed by atoms with E-state index < -0.39 is 0 Å². The van der Waals surface area contributed by atoms with Crippen LogP contribution in [0.25, 0.3) is 0 Å². The minimum atomic E-state index is -0.212. The molecule has 0 saturated carbocycles. The summed E-state index contributed by atoms with van der Waals surface area (Å²) in [4.78, 5) is 2.39. The van der Waals surface area contributed by atoms with E-state index in [4.69, 9.17) is 5.11 Å². The lowest BCUT2D eigenvalue weighted by molar-refractivity contribution is 0.142. The van der Waals surface area contributed by atoms with Crippen molar-refractivity contribution in [1.82, 2.24) is 4.90 Å². The average molecular weight is 316 g/mol. The summed E-state index contributed by atoms with van der Waals surface area (Å²) in [6, 6.07) is 5.20. The summed E-state index contributed by atoms with van der Waals surface area (Å²) >= 11 is 3.22. The number of aliphatic hydroxyl groups is 1. The molecule has 1 atom stereocenters. The van der Waals surface area contributed by atoms with Crippen molar-refractivity contribution >= 4 is 15.9 Å². The van der Waals surface area contributed by atoms with Gasteiger partial charge in [0.1, 0.15) is 5.82 Å². The van der Waals surface area contributed by atoms with E-state index in [1.54, 1.807) is 0 Å². The SMILES string of the molecule is OCCC1CCCN(Cc2ccc(F)c(Br)c2)C1. The number of rotatable bonds is 4. The second kappa shape index (κ2) is 6.64. The molecule has 1 fully saturated rings. The Hall–Kier alpha value is -0.450. The number of piperidine rings is 1. The predicted molar refractivity (Wildman–Crippen MR) is 73.8 cm³/mol. The van der Waals surface area contributed by atoms with E-state index in [0.29, 0.717) is 10.4 Å². The van der Waals surface area contributed by atoms with Crippen LogP contribution in [0.2, 0.25) is 0 Å². The highest BCUT2D eigenvalue weighted by atomic mass is 79.9. The molecule has 0 bridgehead atoms. The van der Waals surface area contributed by atoms with E-state index in [1.807, 2.05) is 12.1 Å². The Balaban J connectivity index is 1.93. The zero-order valence-corrected chi connectivity index (χ0v) is 12.0. The Bertz CT molecular complexity index is 397. The Kier molecular flexibility index (Phi) is 5.15. The maximum atomic E-state index is 13.2. The van der Waals surface area contributed by atoms with E-state index in [0.717, 1.165) is 31.6 Å². The van der Waals surface area contributed by atoms with Crippen LogP contribution in [0.15, 0.2) is 22.7 Å². The summed E-state index contributed by atoms with van der Waals surface area (Å²) < 4.78 is 13.7. The lowest BCUT2D eigenvalue weighted by Gasteiger charge is -2.32. The normalized spacial score (nSPS) is 21.2. The summed E-state index contributed by atoms with van der Waals surface area (Å²) in [6.07, 6.45) is 3.29. The van der Waals surface area contributed by atoms with Crippen LogP contribution in [0.1, 0.15) is 24.8 Å². The summed E-state index contributed by atoms with van der Waals surface area (Å²) in [5.41, 5.74) is 1.13. The summed E-state index contributed by atoms with van der Waals surface area (Å²) in [5, 5.41) is 9.00. The molecule has 1 aromatic rings. The van der Waals surface area contributed by atoms with Gasteiger partial charge in [-0.25, -0.2) is 4.39 Å². The third-order valence-corrected chi connectivity index (χ3v) is 4.14. The number of hydrogen-bond acceptors (Lipinski definition) is 2.